The van der Waals surface area contributed by atoms with Gasteiger partial charge in [-0.15, -0.1) is 0 Å². The van der Waals surface area contributed by atoms with Gasteiger partial charge in [0.25, 0.3) is 0 Å². The van der Waals surface area contributed by atoms with Crippen LogP contribution in [0.1, 0.15) is 30.9 Å². The van der Waals surface area contributed by atoms with Crippen LogP contribution in [-0.4, -0.2) is 25.0 Å². The SMILES string of the molecule is CCC(CN)CCN(C)Cc1cccc(C)c1. The molecule has 0 aliphatic heterocycles. The zero-order valence-corrected chi connectivity index (χ0v) is 11.4. The Labute approximate surface area is 106 Å². The second-order valence-corrected chi connectivity index (χ2v) is 5.03. The van der Waals surface area contributed by atoms with Crippen LogP contribution in [0.2, 0.25) is 0 Å². The number of nitrogens with two attached hydrogens (primary N) is 1. The molecule has 0 heterocycles. The highest BCUT2D eigenvalue weighted by atomic mass is 15.1. The van der Waals surface area contributed by atoms with Crippen LogP contribution in [0.4, 0.5) is 0 Å². The molecule has 0 saturated carbocycles. The molecule has 2 N–H and O–H groups in total. The molecule has 2 nitrogen and oxygen atoms in total. The average molecular weight is 234 g/mol. The predicted molar refractivity (Wildman–Crippen MR) is 75.0 cm³/mol. The summed E-state index contributed by atoms with van der Waals surface area (Å²) in [5.41, 5.74) is 8.46. The standard InChI is InChI=1S/C15H26N2/c1-4-14(11-16)8-9-17(3)12-15-7-5-6-13(2)10-15/h5-7,10,14H,4,8-9,11-12,16H2,1-3H3. The second-order valence-electron chi connectivity index (χ2n) is 5.03. The van der Waals surface area contributed by atoms with E-state index in [1.165, 1.54) is 24.0 Å². The molecule has 0 aromatic heterocycles. The third-order valence-electron chi connectivity index (χ3n) is 3.36. The van der Waals surface area contributed by atoms with Gasteiger partial charge in [-0.1, -0.05) is 43.2 Å². The van der Waals surface area contributed by atoms with E-state index in [2.05, 4.69) is 50.1 Å². The summed E-state index contributed by atoms with van der Waals surface area (Å²) in [6.45, 7) is 7.34. The van der Waals surface area contributed by atoms with E-state index < -0.39 is 0 Å². The molecule has 2 heteroatoms. The van der Waals surface area contributed by atoms with Gasteiger partial charge in [0.2, 0.25) is 0 Å². The zero-order valence-electron chi connectivity index (χ0n) is 11.4. The van der Waals surface area contributed by atoms with Gasteiger partial charge in [-0.2, -0.15) is 0 Å². The molecular formula is C15H26N2. The van der Waals surface area contributed by atoms with Crippen LogP contribution in [0.5, 0.6) is 0 Å². The molecule has 0 fully saturated rings. The molecule has 1 unspecified atom stereocenters. The summed E-state index contributed by atoms with van der Waals surface area (Å²) in [6, 6.07) is 8.73. The first-order valence-corrected chi connectivity index (χ1v) is 6.59. The van der Waals surface area contributed by atoms with Crippen molar-refractivity contribution in [2.45, 2.75) is 33.2 Å². The number of hydrogen-bond donors (Lipinski definition) is 1. The lowest BCUT2D eigenvalue weighted by molar-refractivity contribution is 0.292. The third-order valence-corrected chi connectivity index (χ3v) is 3.36. The molecule has 1 aromatic rings. The van der Waals surface area contributed by atoms with Crippen molar-refractivity contribution in [3.8, 4) is 0 Å². The van der Waals surface area contributed by atoms with Crippen LogP contribution in [0, 0.1) is 12.8 Å². The summed E-state index contributed by atoms with van der Waals surface area (Å²) in [4.78, 5) is 2.38. The Hall–Kier alpha value is -0.860. The zero-order chi connectivity index (χ0) is 12.7. The van der Waals surface area contributed by atoms with Gasteiger partial charge in [-0.05, 0) is 45.0 Å². The molecule has 0 aliphatic rings. The molecule has 0 spiro atoms. The second kappa shape index (κ2) is 7.46. The van der Waals surface area contributed by atoms with Crippen molar-refractivity contribution >= 4 is 0 Å². The third kappa shape index (κ3) is 5.33. The number of nitrogens with zero attached hydrogens (tertiary/aromatic N) is 1. The van der Waals surface area contributed by atoms with Gasteiger partial charge in [-0.3, -0.25) is 0 Å². The van der Waals surface area contributed by atoms with E-state index in [1.54, 1.807) is 0 Å². The van der Waals surface area contributed by atoms with Gasteiger partial charge < -0.3 is 10.6 Å². The Kier molecular flexibility index (Phi) is 6.23. The molecule has 17 heavy (non-hydrogen) atoms. The summed E-state index contributed by atoms with van der Waals surface area (Å²) < 4.78 is 0. The van der Waals surface area contributed by atoms with Crippen LogP contribution in [0.3, 0.4) is 0 Å². The van der Waals surface area contributed by atoms with E-state index in [9.17, 15) is 0 Å². The van der Waals surface area contributed by atoms with E-state index in [-0.39, 0.29) is 0 Å². The summed E-state index contributed by atoms with van der Waals surface area (Å²) in [6.07, 6.45) is 2.39. The Morgan fingerprint density at radius 3 is 2.71 bits per heavy atom. The monoisotopic (exact) mass is 234 g/mol. The number of hydrogen-bond acceptors (Lipinski definition) is 2. The summed E-state index contributed by atoms with van der Waals surface area (Å²) in [7, 11) is 2.19. The maximum Gasteiger partial charge on any atom is 0.0230 e. The minimum atomic E-state index is 0.676. The highest BCUT2D eigenvalue weighted by Crippen LogP contribution is 2.10. The van der Waals surface area contributed by atoms with Gasteiger partial charge in [0.05, 0.1) is 0 Å². The largest absolute Gasteiger partial charge is 0.330 e. The average Bonchev–Trinajstić information content (AvgIpc) is 2.30. The fourth-order valence-electron chi connectivity index (χ4n) is 2.09. The van der Waals surface area contributed by atoms with Crippen molar-refractivity contribution < 1.29 is 0 Å². The predicted octanol–water partition coefficient (Wildman–Crippen LogP) is 2.80. The molecule has 1 aromatic carbocycles. The maximum atomic E-state index is 5.72. The maximum absolute atomic E-state index is 5.72. The first kappa shape index (κ1) is 14.2. The van der Waals surface area contributed by atoms with Gasteiger partial charge in [0.1, 0.15) is 0 Å². The van der Waals surface area contributed by atoms with E-state index >= 15 is 0 Å². The first-order chi connectivity index (χ1) is 8.15. The van der Waals surface area contributed by atoms with E-state index in [0.29, 0.717) is 5.92 Å². The van der Waals surface area contributed by atoms with Gasteiger partial charge in [0.15, 0.2) is 0 Å². The van der Waals surface area contributed by atoms with Gasteiger partial charge in [0, 0.05) is 6.54 Å². The van der Waals surface area contributed by atoms with Crippen molar-refractivity contribution in [3.63, 3.8) is 0 Å². The fourth-order valence-corrected chi connectivity index (χ4v) is 2.09. The van der Waals surface area contributed by atoms with E-state index in [4.69, 9.17) is 5.73 Å². The van der Waals surface area contributed by atoms with Crippen LogP contribution >= 0.6 is 0 Å². The van der Waals surface area contributed by atoms with Crippen molar-refractivity contribution in [1.82, 2.24) is 4.90 Å². The van der Waals surface area contributed by atoms with Crippen molar-refractivity contribution in [2.75, 3.05) is 20.1 Å². The molecule has 0 saturated heterocycles. The quantitative estimate of drug-likeness (QED) is 0.786. The van der Waals surface area contributed by atoms with Crippen molar-refractivity contribution in [2.24, 2.45) is 11.7 Å². The first-order valence-electron chi connectivity index (χ1n) is 6.59. The highest BCUT2D eigenvalue weighted by Gasteiger charge is 2.06. The number of aryl methyl sites for hydroxylation is 1. The summed E-state index contributed by atoms with van der Waals surface area (Å²) in [5, 5.41) is 0. The molecule has 96 valence electrons. The minimum absolute atomic E-state index is 0.676. The molecular weight excluding hydrogens is 208 g/mol. The summed E-state index contributed by atoms with van der Waals surface area (Å²) >= 11 is 0. The van der Waals surface area contributed by atoms with Gasteiger partial charge in [-0.25, -0.2) is 0 Å². The van der Waals surface area contributed by atoms with Crippen LogP contribution in [0.15, 0.2) is 24.3 Å². The molecule has 0 bridgehead atoms. The van der Waals surface area contributed by atoms with Crippen molar-refractivity contribution in [1.29, 1.82) is 0 Å². The molecule has 1 rings (SSSR count). The molecule has 0 aliphatic carbocycles. The topological polar surface area (TPSA) is 29.3 Å². The minimum Gasteiger partial charge on any atom is -0.330 e. The number of benzene rings is 1. The Balaban J connectivity index is 2.36. The van der Waals surface area contributed by atoms with E-state index in [0.717, 1.165) is 19.6 Å². The van der Waals surface area contributed by atoms with Crippen molar-refractivity contribution in [3.05, 3.63) is 35.4 Å². The lowest BCUT2D eigenvalue weighted by atomic mass is 10.0. The fraction of sp³-hybridized carbons (Fsp3) is 0.600. The van der Waals surface area contributed by atoms with Crippen LogP contribution in [0.25, 0.3) is 0 Å². The Bertz CT molecular complexity index is 318. The highest BCUT2D eigenvalue weighted by molar-refractivity contribution is 5.21. The normalized spacial score (nSPS) is 13.0. The molecule has 0 radical (unpaired) electrons. The lowest BCUT2D eigenvalue weighted by Gasteiger charge is -2.20. The molecule has 0 amide bonds. The van der Waals surface area contributed by atoms with Crippen LogP contribution in [-0.2, 0) is 6.54 Å². The molecule has 1 atom stereocenters. The van der Waals surface area contributed by atoms with Crippen LogP contribution < -0.4 is 5.73 Å². The Morgan fingerprint density at radius 2 is 2.12 bits per heavy atom. The number of rotatable bonds is 7. The van der Waals surface area contributed by atoms with Gasteiger partial charge >= 0.3 is 0 Å². The summed E-state index contributed by atoms with van der Waals surface area (Å²) in [5.74, 6) is 0.676. The Morgan fingerprint density at radius 1 is 1.35 bits per heavy atom. The lowest BCUT2D eigenvalue weighted by Crippen LogP contribution is -2.24. The van der Waals surface area contributed by atoms with E-state index in [1.807, 2.05) is 0 Å². The smallest absolute Gasteiger partial charge is 0.0230 e.